The molecule has 2 aromatic rings. The number of hydrogen-bond donors (Lipinski definition) is 2. The lowest BCUT2D eigenvalue weighted by atomic mass is 10.2. The molecule has 2 N–H and O–H groups in total. The van der Waals surface area contributed by atoms with Gasteiger partial charge in [-0.15, -0.1) is 0 Å². The highest BCUT2D eigenvalue weighted by molar-refractivity contribution is 7.92. The van der Waals surface area contributed by atoms with Gasteiger partial charge in [-0.05, 0) is 54.5 Å². The predicted octanol–water partition coefficient (Wildman–Crippen LogP) is 3.56. The number of sulfonamides is 1. The Balaban J connectivity index is 2.33. The zero-order valence-electron chi connectivity index (χ0n) is 18.0. The third kappa shape index (κ3) is 6.48. The zero-order chi connectivity index (χ0) is 23.7. The Morgan fingerprint density at radius 3 is 2.34 bits per heavy atom. The Bertz CT molecular complexity index is 1090. The van der Waals surface area contributed by atoms with Crippen molar-refractivity contribution in [3.8, 4) is 11.5 Å². The first-order valence-corrected chi connectivity index (χ1v) is 11.2. The number of hydrogen-bond acceptors (Lipinski definition) is 7. The van der Waals surface area contributed by atoms with Crippen LogP contribution in [0.1, 0.15) is 35.7 Å². The van der Waals surface area contributed by atoms with Crippen LogP contribution in [0.5, 0.6) is 11.5 Å². The molecule has 0 aromatic heterocycles. The van der Waals surface area contributed by atoms with E-state index in [-0.39, 0.29) is 27.6 Å². The van der Waals surface area contributed by atoms with Crippen LogP contribution in [0.2, 0.25) is 0 Å². The maximum Gasteiger partial charge on any atom is 0.338 e. The van der Waals surface area contributed by atoms with Crippen LogP contribution in [0.25, 0.3) is 6.08 Å². The standard InChI is InChI=1S/C22H25NO8S/c1-4-5-12-31-22(26)16-7-9-17(10-8-16)23-32(27,28)19-14-15(6-11-20(24)25)13-18(29-2)21(19)30-3/h6-11,13-14,23H,4-5,12H2,1-3H3,(H,24,25)/b11-6+. The molecule has 0 fully saturated rings. The van der Waals surface area contributed by atoms with Gasteiger partial charge in [0.05, 0.1) is 26.4 Å². The fraction of sp³-hybridized carbons (Fsp3) is 0.273. The largest absolute Gasteiger partial charge is 0.493 e. The lowest BCUT2D eigenvalue weighted by Crippen LogP contribution is -2.15. The summed E-state index contributed by atoms with van der Waals surface area (Å²) in [5, 5.41) is 8.84. The fourth-order valence-electron chi connectivity index (χ4n) is 2.69. The van der Waals surface area contributed by atoms with E-state index in [4.69, 9.17) is 19.3 Å². The van der Waals surface area contributed by atoms with Crippen molar-refractivity contribution in [1.82, 2.24) is 0 Å². The number of nitrogens with one attached hydrogen (secondary N) is 1. The minimum absolute atomic E-state index is 0.0383. The van der Waals surface area contributed by atoms with E-state index >= 15 is 0 Å². The summed E-state index contributed by atoms with van der Waals surface area (Å²) in [5.41, 5.74) is 0.794. The summed E-state index contributed by atoms with van der Waals surface area (Å²) in [7, 11) is -1.52. The van der Waals surface area contributed by atoms with Crippen LogP contribution in [0.4, 0.5) is 5.69 Å². The number of unbranched alkanes of at least 4 members (excludes halogenated alkanes) is 1. The number of rotatable bonds is 11. The highest BCUT2D eigenvalue weighted by Crippen LogP contribution is 2.37. The van der Waals surface area contributed by atoms with Gasteiger partial charge in [0, 0.05) is 11.8 Å². The van der Waals surface area contributed by atoms with E-state index in [1.165, 1.54) is 56.7 Å². The third-order valence-electron chi connectivity index (χ3n) is 4.28. The van der Waals surface area contributed by atoms with E-state index < -0.39 is 22.0 Å². The highest BCUT2D eigenvalue weighted by Gasteiger charge is 2.24. The van der Waals surface area contributed by atoms with Crippen molar-refractivity contribution < 1.29 is 37.3 Å². The number of ether oxygens (including phenoxy) is 3. The molecule has 0 aliphatic heterocycles. The van der Waals surface area contributed by atoms with Gasteiger partial charge in [-0.2, -0.15) is 0 Å². The molecular weight excluding hydrogens is 438 g/mol. The van der Waals surface area contributed by atoms with Crippen molar-refractivity contribution in [3.63, 3.8) is 0 Å². The summed E-state index contributed by atoms with van der Waals surface area (Å²) < 4.78 is 44.1. The molecule has 2 rings (SSSR count). The minimum Gasteiger partial charge on any atom is -0.493 e. The highest BCUT2D eigenvalue weighted by atomic mass is 32.2. The van der Waals surface area contributed by atoms with Gasteiger partial charge in [0.1, 0.15) is 4.90 Å². The smallest absolute Gasteiger partial charge is 0.338 e. The molecule has 0 saturated heterocycles. The molecule has 0 atom stereocenters. The second kappa shape index (κ2) is 11.2. The van der Waals surface area contributed by atoms with E-state index in [9.17, 15) is 18.0 Å². The van der Waals surface area contributed by atoms with E-state index in [1.807, 2.05) is 6.92 Å². The molecule has 10 heteroatoms. The van der Waals surface area contributed by atoms with Gasteiger partial charge in [0.15, 0.2) is 11.5 Å². The Hall–Kier alpha value is -3.53. The van der Waals surface area contributed by atoms with Crippen molar-refractivity contribution in [3.05, 3.63) is 53.6 Å². The molecule has 0 unspecified atom stereocenters. The van der Waals surface area contributed by atoms with E-state index in [2.05, 4.69) is 4.72 Å². The number of carboxylic acid groups (broad SMARTS) is 1. The van der Waals surface area contributed by atoms with Crippen LogP contribution in [0, 0.1) is 0 Å². The Kier molecular flexibility index (Phi) is 8.65. The summed E-state index contributed by atoms with van der Waals surface area (Å²) in [4.78, 5) is 22.6. The lowest BCUT2D eigenvalue weighted by Gasteiger charge is -2.15. The van der Waals surface area contributed by atoms with Gasteiger partial charge >= 0.3 is 11.9 Å². The van der Waals surface area contributed by atoms with E-state index in [1.54, 1.807) is 0 Å². The summed E-state index contributed by atoms with van der Waals surface area (Å²) in [6.45, 7) is 2.30. The van der Waals surface area contributed by atoms with Gasteiger partial charge in [0.25, 0.3) is 10.0 Å². The molecule has 0 bridgehead atoms. The SMILES string of the molecule is CCCCOC(=O)c1ccc(NS(=O)(=O)c2cc(/C=C/C(=O)O)cc(OC)c2OC)cc1. The van der Waals surface area contributed by atoms with Crippen LogP contribution in [0.15, 0.2) is 47.4 Å². The number of esters is 1. The van der Waals surface area contributed by atoms with Crippen LogP contribution in [-0.2, 0) is 19.6 Å². The van der Waals surface area contributed by atoms with Crippen molar-refractivity contribution in [1.29, 1.82) is 0 Å². The second-order valence-electron chi connectivity index (χ2n) is 6.60. The number of carboxylic acids is 1. The van der Waals surface area contributed by atoms with Gasteiger partial charge in [-0.3, -0.25) is 4.72 Å². The molecule has 0 heterocycles. The quantitative estimate of drug-likeness (QED) is 0.294. The van der Waals surface area contributed by atoms with Gasteiger partial charge in [-0.1, -0.05) is 13.3 Å². The molecule has 0 saturated carbocycles. The summed E-state index contributed by atoms with van der Waals surface area (Å²) >= 11 is 0. The van der Waals surface area contributed by atoms with Crippen LogP contribution in [0.3, 0.4) is 0 Å². The predicted molar refractivity (Wildman–Crippen MR) is 119 cm³/mol. The number of anilines is 1. The van der Waals surface area contributed by atoms with Gasteiger partial charge in [0.2, 0.25) is 0 Å². The van der Waals surface area contributed by atoms with E-state index in [0.29, 0.717) is 12.2 Å². The normalized spacial score (nSPS) is 11.2. The monoisotopic (exact) mass is 463 g/mol. The maximum absolute atomic E-state index is 13.1. The molecule has 0 aliphatic carbocycles. The molecule has 0 spiro atoms. The van der Waals surface area contributed by atoms with Crippen molar-refractivity contribution in [2.75, 3.05) is 25.5 Å². The fourth-order valence-corrected chi connectivity index (χ4v) is 3.97. The Labute approximate surface area is 186 Å². The zero-order valence-corrected chi connectivity index (χ0v) is 18.8. The lowest BCUT2D eigenvalue weighted by molar-refractivity contribution is -0.131. The summed E-state index contributed by atoms with van der Waals surface area (Å²) in [6.07, 6.45) is 3.77. The number of aliphatic carboxylic acids is 1. The van der Waals surface area contributed by atoms with Crippen LogP contribution in [-0.4, -0.2) is 46.3 Å². The number of methoxy groups -OCH3 is 2. The Morgan fingerprint density at radius 2 is 1.78 bits per heavy atom. The first-order valence-electron chi connectivity index (χ1n) is 9.68. The molecule has 0 aliphatic rings. The third-order valence-corrected chi connectivity index (χ3v) is 5.67. The number of carbonyl (C=O) groups is 2. The first kappa shape index (κ1) is 24.7. The van der Waals surface area contributed by atoms with Crippen molar-refractivity contribution >= 4 is 33.7 Å². The average Bonchev–Trinajstić information content (AvgIpc) is 2.77. The molecule has 9 nitrogen and oxygen atoms in total. The molecule has 0 amide bonds. The molecule has 172 valence electrons. The maximum atomic E-state index is 13.1. The first-order chi connectivity index (χ1) is 15.2. The summed E-state index contributed by atoms with van der Waals surface area (Å²) in [5.74, 6) is -1.60. The molecule has 32 heavy (non-hydrogen) atoms. The van der Waals surface area contributed by atoms with Crippen LogP contribution >= 0.6 is 0 Å². The van der Waals surface area contributed by atoms with Crippen molar-refractivity contribution in [2.45, 2.75) is 24.7 Å². The van der Waals surface area contributed by atoms with Crippen molar-refractivity contribution in [2.24, 2.45) is 0 Å². The van der Waals surface area contributed by atoms with Crippen LogP contribution < -0.4 is 14.2 Å². The topological polar surface area (TPSA) is 128 Å². The minimum atomic E-state index is -4.15. The van der Waals surface area contributed by atoms with Gasteiger partial charge < -0.3 is 19.3 Å². The summed E-state index contributed by atoms with van der Waals surface area (Å²) in [6, 6.07) is 8.50. The molecule has 2 aromatic carbocycles. The Morgan fingerprint density at radius 1 is 1.09 bits per heavy atom. The van der Waals surface area contributed by atoms with Gasteiger partial charge in [-0.25, -0.2) is 18.0 Å². The number of benzene rings is 2. The van der Waals surface area contributed by atoms with E-state index in [0.717, 1.165) is 18.9 Å². The molecule has 0 radical (unpaired) electrons. The second-order valence-corrected chi connectivity index (χ2v) is 8.25. The number of carbonyl (C=O) groups excluding carboxylic acids is 1. The molecular formula is C22H25NO8S. The average molecular weight is 464 g/mol.